The van der Waals surface area contributed by atoms with Crippen LogP contribution in [0.4, 0.5) is 11.6 Å². The fourth-order valence-corrected chi connectivity index (χ4v) is 3.88. The smallest absolute Gasteiger partial charge is 0.312 e. The summed E-state index contributed by atoms with van der Waals surface area (Å²) in [6.07, 6.45) is 0. The molecule has 4 rings (SSSR count). The van der Waals surface area contributed by atoms with Crippen LogP contribution in [0.1, 0.15) is 13.8 Å². The Morgan fingerprint density at radius 2 is 1.93 bits per heavy atom. The molecule has 1 aromatic carbocycles. The zero-order chi connectivity index (χ0) is 20.2. The second-order valence-electron chi connectivity index (χ2n) is 7.58. The van der Waals surface area contributed by atoms with E-state index in [9.17, 15) is 9.59 Å². The number of benzene rings is 1. The molecule has 8 heteroatoms. The molecule has 1 atom stereocenters. The molecule has 1 aliphatic rings. The molecule has 0 amide bonds. The molecule has 3 aromatic rings. The van der Waals surface area contributed by atoms with Crippen molar-refractivity contribution in [2.24, 2.45) is 13.0 Å². The summed E-state index contributed by atoms with van der Waals surface area (Å²) in [6.45, 7) is 9.39. The standard InChI is InChI=1S/C20H22ClN5O2/c1-12(2)9-26-18(27)16-17(23(4)20(26)28)22-19-24(10-13(3)11-25(16)19)15-7-5-14(21)6-8-15/h5-8,13H,1,9-11H2,2-4H3. The van der Waals surface area contributed by atoms with Gasteiger partial charge in [0.25, 0.3) is 5.56 Å². The number of anilines is 2. The van der Waals surface area contributed by atoms with Crippen LogP contribution in [-0.2, 0) is 20.1 Å². The first kappa shape index (κ1) is 18.6. The lowest BCUT2D eigenvalue weighted by molar-refractivity contribution is 0.458. The van der Waals surface area contributed by atoms with Gasteiger partial charge in [0.1, 0.15) is 0 Å². The monoisotopic (exact) mass is 399 g/mol. The molecule has 3 heterocycles. The Morgan fingerprint density at radius 1 is 1.25 bits per heavy atom. The minimum atomic E-state index is -0.387. The van der Waals surface area contributed by atoms with Crippen LogP contribution < -0.4 is 16.1 Å². The van der Waals surface area contributed by atoms with Gasteiger partial charge in [0, 0.05) is 30.8 Å². The second-order valence-corrected chi connectivity index (χ2v) is 8.01. The van der Waals surface area contributed by atoms with Gasteiger partial charge in [0.2, 0.25) is 5.95 Å². The van der Waals surface area contributed by atoms with Crippen LogP contribution in [0.3, 0.4) is 0 Å². The van der Waals surface area contributed by atoms with Crippen LogP contribution in [0.5, 0.6) is 0 Å². The predicted octanol–water partition coefficient (Wildman–Crippen LogP) is 2.91. The number of hydrogen-bond donors (Lipinski definition) is 0. The SMILES string of the molecule is C=C(C)Cn1c(=O)c2c(nc3n2CC(C)CN3c2ccc(Cl)cc2)n(C)c1=O. The molecule has 1 aliphatic heterocycles. The first-order chi connectivity index (χ1) is 13.3. The summed E-state index contributed by atoms with van der Waals surface area (Å²) in [5.74, 6) is 0.961. The first-order valence-corrected chi connectivity index (χ1v) is 9.53. The fourth-order valence-electron chi connectivity index (χ4n) is 3.75. The van der Waals surface area contributed by atoms with Crippen LogP contribution in [0.2, 0.25) is 5.02 Å². The van der Waals surface area contributed by atoms with E-state index in [1.54, 1.807) is 14.0 Å². The van der Waals surface area contributed by atoms with Gasteiger partial charge in [-0.3, -0.25) is 13.9 Å². The van der Waals surface area contributed by atoms with Crippen LogP contribution in [-0.4, -0.2) is 25.2 Å². The normalized spacial score (nSPS) is 16.4. The maximum atomic E-state index is 13.2. The summed E-state index contributed by atoms with van der Waals surface area (Å²) < 4.78 is 4.59. The summed E-state index contributed by atoms with van der Waals surface area (Å²) in [6, 6.07) is 7.53. The summed E-state index contributed by atoms with van der Waals surface area (Å²) in [5.41, 5.74) is 1.82. The zero-order valence-electron chi connectivity index (χ0n) is 16.1. The third kappa shape index (κ3) is 2.86. The number of imidazole rings is 1. The lowest BCUT2D eigenvalue weighted by atomic mass is 10.1. The number of halogens is 1. The van der Waals surface area contributed by atoms with Gasteiger partial charge in [0.15, 0.2) is 11.2 Å². The van der Waals surface area contributed by atoms with Crippen molar-refractivity contribution < 1.29 is 0 Å². The van der Waals surface area contributed by atoms with Crippen molar-refractivity contribution in [2.75, 3.05) is 11.4 Å². The number of rotatable bonds is 3. The highest BCUT2D eigenvalue weighted by Gasteiger charge is 2.29. The zero-order valence-corrected chi connectivity index (χ0v) is 16.9. The third-order valence-corrected chi connectivity index (χ3v) is 5.26. The Bertz CT molecular complexity index is 1200. The van der Waals surface area contributed by atoms with Gasteiger partial charge < -0.3 is 9.47 Å². The maximum absolute atomic E-state index is 13.2. The van der Waals surface area contributed by atoms with Crippen molar-refractivity contribution in [1.82, 2.24) is 18.7 Å². The molecule has 0 fully saturated rings. The molecule has 146 valence electrons. The first-order valence-electron chi connectivity index (χ1n) is 9.15. The van der Waals surface area contributed by atoms with Gasteiger partial charge in [-0.2, -0.15) is 4.98 Å². The molecule has 0 saturated heterocycles. The Hall–Kier alpha value is -2.80. The van der Waals surface area contributed by atoms with E-state index >= 15 is 0 Å². The average Bonchev–Trinajstić information content (AvgIpc) is 3.03. The van der Waals surface area contributed by atoms with Crippen molar-refractivity contribution in [3.8, 4) is 0 Å². The molecule has 28 heavy (non-hydrogen) atoms. The summed E-state index contributed by atoms with van der Waals surface area (Å²) in [4.78, 5) is 32.6. The predicted molar refractivity (Wildman–Crippen MR) is 112 cm³/mol. The molecule has 0 N–H and O–H groups in total. The van der Waals surface area contributed by atoms with Crippen LogP contribution >= 0.6 is 11.6 Å². The van der Waals surface area contributed by atoms with Crippen molar-refractivity contribution in [3.63, 3.8) is 0 Å². The van der Waals surface area contributed by atoms with Gasteiger partial charge in [-0.1, -0.05) is 30.7 Å². The van der Waals surface area contributed by atoms with Gasteiger partial charge in [-0.05, 0) is 37.1 Å². The molecule has 7 nitrogen and oxygen atoms in total. The van der Waals surface area contributed by atoms with E-state index in [0.717, 1.165) is 17.8 Å². The number of hydrogen-bond acceptors (Lipinski definition) is 4. The molecular weight excluding hydrogens is 378 g/mol. The molecular formula is C20H22ClN5O2. The van der Waals surface area contributed by atoms with Crippen LogP contribution in [0, 0.1) is 5.92 Å². The molecule has 0 radical (unpaired) electrons. The minimum absolute atomic E-state index is 0.193. The van der Waals surface area contributed by atoms with Gasteiger partial charge in [-0.15, -0.1) is 0 Å². The van der Waals surface area contributed by atoms with Crippen LogP contribution in [0.25, 0.3) is 11.2 Å². The minimum Gasteiger partial charge on any atom is -0.312 e. The van der Waals surface area contributed by atoms with Crippen LogP contribution in [0.15, 0.2) is 46.0 Å². The number of aryl methyl sites for hydroxylation is 1. The Morgan fingerprint density at radius 3 is 2.57 bits per heavy atom. The van der Waals surface area contributed by atoms with E-state index in [0.29, 0.717) is 34.6 Å². The van der Waals surface area contributed by atoms with E-state index in [1.807, 2.05) is 28.8 Å². The number of aromatic nitrogens is 4. The highest BCUT2D eigenvalue weighted by atomic mass is 35.5. The molecule has 0 saturated carbocycles. The van der Waals surface area contributed by atoms with Gasteiger partial charge in [-0.25, -0.2) is 4.79 Å². The van der Waals surface area contributed by atoms with Crippen molar-refractivity contribution >= 4 is 34.4 Å². The van der Waals surface area contributed by atoms with E-state index in [-0.39, 0.29) is 17.8 Å². The third-order valence-electron chi connectivity index (χ3n) is 5.01. The molecule has 0 spiro atoms. The van der Waals surface area contributed by atoms with E-state index in [2.05, 4.69) is 18.4 Å². The molecule has 0 aliphatic carbocycles. The van der Waals surface area contributed by atoms with E-state index in [4.69, 9.17) is 16.6 Å². The van der Waals surface area contributed by atoms with Gasteiger partial charge >= 0.3 is 5.69 Å². The van der Waals surface area contributed by atoms with E-state index < -0.39 is 0 Å². The molecule has 1 unspecified atom stereocenters. The summed E-state index contributed by atoms with van der Waals surface area (Å²) in [5, 5.41) is 0.660. The molecule has 2 aromatic heterocycles. The highest BCUT2D eigenvalue weighted by molar-refractivity contribution is 6.30. The Kier molecular flexibility index (Phi) is 4.42. The van der Waals surface area contributed by atoms with Gasteiger partial charge in [0.05, 0.1) is 6.54 Å². The Balaban J connectivity index is 2.00. The van der Waals surface area contributed by atoms with Crippen molar-refractivity contribution in [2.45, 2.75) is 26.9 Å². The average molecular weight is 400 g/mol. The number of allylic oxidation sites excluding steroid dienone is 1. The maximum Gasteiger partial charge on any atom is 0.332 e. The quantitative estimate of drug-likeness (QED) is 0.635. The van der Waals surface area contributed by atoms with Crippen molar-refractivity contribution in [3.05, 3.63) is 62.3 Å². The largest absolute Gasteiger partial charge is 0.332 e. The number of fused-ring (bicyclic) bond motifs is 3. The summed E-state index contributed by atoms with van der Waals surface area (Å²) in [7, 11) is 1.65. The van der Waals surface area contributed by atoms with Crippen molar-refractivity contribution in [1.29, 1.82) is 0 Å². The van der Waals surface area contributed by atoms with E-state index in [1.165, 1.54) is 9.13 Å². The summed E-state index contributed by atoms with van der Waals surface area (Å²) >= 11 is 6.03. The fraction of sp³-hybridized carbons (Fsp3) is 0.350. The Labute approximate surface area is 167 Å². The second kappa shape index (κ2) is 6.67. The lowest BCUT2D eigenvalue weighted by Gasteiger charge is -2.33. The lowest BCUT2D eigenvalue weighted by Crippen LogP contribution is -2.40. The molecule has 0 bridgehead atoms. The number of nitrogens with zero attached hydrogens (tertiary/aromatic N) is 5. The highest BCUT2D eigenvalue weighted by Crippen LogP contribution is 2.33. The topological polar surface area (TPSA) is 65.1 Å².